The van der Waals surface area contributed by atoms with Gasteiger partial charge in [0.15, 0.2) is 0 Å². The van der Waals surface area contributed by atoms with Gasteiger partial charge in [0.05, 0.1) is 17.8 Å². The average molecular weight is 497 g/mol. The van der Waals surface area contributed by atoms with Crippen molar-refractivity contribution in [3.63, 3.8) is 0 Å². The number of hydrogen-bond acceptors (Lipinski definition) is 4. The maximum atomic E-state index is 13.7. The van der Waals surface area contributed by atoms with Crippen molar-refractivity contribution >= 4 is 11.8 Å². The minimum absolute atomic E-state index is 0.0225. The van der Waals surface area contributed by atoms with Crippen LogP contribution in [0.1, 0.15) is 41.6 Å². The van der Waals surface area contributed by atoms with E-state index in [1.54, 1.807) is 4.68 Å². The first-order valence-electron chi connectivity index (χ1n) is 12.8. The molecule has 1 saturated heterocycles. The van der Waals surface area contributed by atoms with Crippen LogP contribution in [0.15, 0.2) is 83.4 Å². The number of hydrogen-bond donors (Lipinski definition) is 1. The number of aromatic nitrogens is 2. The Morgan fingerprint density at radius 3 is 2.32 bits per heavy atom. The van der Waals surface area contributed by atoms with Gasteiger partial charge in [-0.15, -0.1) is 0 Å². The van der Waals surface area contributed by atoms with Crippen molar-refractivity contribution in [1.82, 2.24) is 20.0 Å². The topological polar surface area (TPSA) is 80.4 Å². The van der Waals surface area contributed by atoms with Gasteiger partial charge in [0.25, 0.3) is 5.91 Å². The molecule has 190 valence electrons. The number of para-hydroxylation sites is 1. The first-order valence-corrected chi connectivity index (χ1v) is 12.8. The zero-order valence-electron chi connectivity index (χ0n) is 21.3. The Morgan fingerprint density at radius 1 is 1.00 bits per heavy atom. The molecular weight excluding hydrogens is 464 g/mol. The van der Waals surface area contributed by atoms with Crippen LogP contribution in [0.5, 0.6) is 0 Å². The summed E-state index contributed by atoms with van der Waals surface area (Å²) in [7, 11) is 0. The summed E-state index contributed by atoms with van der Waals surface area (Å²) in [6.07, 6.45) is 3.40. The van der Waals surface area contributed by atoms with Crippen LogP contribution in [-0.4, -0.2) is 39.6 Å². The molecule has 3 heterocycles. The molecule has 2 aromatic heterocycles. The fourth-order valence-electron chi connectivity index (χ4n) is 4.95. The Hall–Kier alpha value is -4.13. The molecule has 1 aliphatic rings. The van der Waals surface area contributed by atoms with Gasteiger partial charge in [0.1, 0.15) is 17.2 Å². The number of nitrogens with zero attached hydrogens (tertiary/aromatic N) is 3. The van der Waals surface area contributed by atoms with E-state index in [1.165, 1.54) is 0 Å². The Labute approximate surface area is 217 Å². The number of furan rings is 1. The van der Waals surface area contributed by atoms with Crippen LogP contribution >= 0.6 is 0 Å². The predicted octanol–water partition coefficient (Wildman–Crippen LogP) is 5.25. The standard InChI is InChI=1S/C30H32N4O3/c1-21-13-14-26(37-21)19-31-29(35)22(2)23-15-17-33(18-16-23)30(36)27-20-34(25-11-7-4-8-12-25)32-28(27)24-9-5-3-6-10-24/h3-14,20,22-23H,15-19H2,1-2H3,(H,31,35). The molecule has 1 N–H and O–H groups in total. The van der Waals surface area contributed by atoms with Crippen LogP contribution in [0.4, 0.5) is 0 Å². The van der Waals surface area contributed by atoms with Gasteiger partial charge >= 0.3 is 0 Å². The smallest absolute Gasteiger partial charge is 0.257 e. The summed E-state index contributed by atoms with van der Waals surface area (Å²) in [5.74, 6) is 1.68. The van der Waals surface area contributed by atoms with E-state index in [0.29, 0.717) is 30.9 Å². The van der Waals surface area contributed by atoms with Gasteiger partial charge in [0, 0.05) is 30.8 Å². The maximum Gasteiger partial charge on any atom is 0.257 e. The molecule has 37 heavy (non-hydrogen) atoms. The van der Waals surface area contributed by atoms with Crippen LogP contribution in [-0.2, 0) is 11.3 Å². The van der Waals surface area contributed by atoms with Gasteiger partial charge in [0.2, 0.25) is 5.91 Å². The van der Waals surface area contributed by atoms with E-state index in [0.717, 1.165) is 35.6 Å². The summed E-state index contributed by atoms with van der Waals surface area (Å²) in [4.78, 5) is 28.3. The fourth-order valence-corrected chi connectivity index (χ4v) is 4.95. The second kappa shape index (κ2) is 10.9. The first-order chi connectivity index (χ1) is 18.0. The molecule has 7 nitrogen and oxygen atoms in total. The van der Waals surface area contributed by atoms with E-state index in [1.807, 2.05) is 97.7 Å². The number of piperidine rings is 1. The van der Waals surface area contributed by atoms with Crippen LogP contribution in [0, 0.1) is 18.8 Å². The van der Waals surface area contributed by atoms with Crippen molar-refractivity contribution in [3.05, 3.63) is 96.1 Å². The number of rotatable bonds is 7. The van der Waals surface area contributed by atoms with Crippen LogP contribution in [0.2, 0.25) is 0 Å². The molecule has 2 aromatic carbocycles. The summed E-state index contributed by atoms with van der Waals surface area (Å²) in [5, 5.41) is 7.78. The van der Waals surface area contributed by atoms with Crippen molar-refractivity contribution in [1.29, 1.82) is 0 Å². The number of amides is 2. The highest BCUT2D eigenvalue weighted by Crippen LogP contribution is 2.29. The second-order valence-corrected chi connectivity index (χ2v) is 9.69. The molecule has 1 aliphatic heterocycles. The Balaban J connectivity index is 1.26. The number of carbonyl (C=O) groups is 2. The van der Waals surface area contributed by atoms with E-state index >= 15 is 0 Å². The van der Waals surface area contributed by atoms with Gasteiger partial charge in [-0.2, -0.15) is 5.10 Å². The monoisotopic (exact) mass is 496 g/mol. The summed E-state index contributed by atoms with van der Waals surface area (Å²) < 4.78 is 7.32. The third-order valence-electron chi connectivity index (χ3n) is 7.19. The lowest BCUT2D eigenvalue weighted by Gasteiger charge is -2.34. The number of likely N-dealkylation sites (tertiary alicyclic amines) is 1. The summed E-state index contributed by atoms with van der Waals surface area (Å²) in [5.41, 5.74) is 3.08. The highest BCUT2D eigenvalue weighted by atomic mass is 16.3. The molecule has 0 spiro atoms. The third-order valence-corrected chi connectivity index (χ3v) is 7.19. The van der Waals surface area contributed by atoms with E-state index < -0.39 is 0 Å². The van der Waals surface area contributed by atoms with E-state index in [2.05, 4.69) is 5.32 Å². The van der Waals surface area contributed by atoms with Gasteiger partial charge in [-0.3, -0.25) is 9.59 Å². The summed E-state index contributed by atoms with van der Waals surface area (Å²) >= 11 is 0. The Kier molecular flexibility index (Phi) is 7.21. The highest BCUT2D eigenvalue weighted by Gasteiger charge is 2.31. The molecule has 0 radical (unpaired) electrons. The average Bonchev–Trinajstić information content (AvgIpc) is 3.58. The number of benzene rings is 2. The Bertz CT molecular complexity index is 1350. The van der Waals surface area contributed by atoms with Crippen molar-refractivity contribution in [3.8, 4) is 16.9 Å². The SMILES string of the molecule is Cc1ccc(CNC(=O)C(C)C2CCN(C(=O)c3cn(-c4ccccc4)nc3-c3ccccc3)CC2)o1. The molecule has 0 aliphatic carbocycles. The first kappa shape index (κ1) is 24.6. The van der Waals surface area contributed by atoms with E-state index in [9.17, 15) is 9.59 Å². The number of nitrogens with one attached hydrogen (secondary N) is 1. The van der Waals surface area contributed by atoms with Gasteiger partial charge in [-0.05, 0) is 49.9 Å². The zero-order valence-corrected chi connectivity index (χ0v) is 21.3. The zero-order chi connectivity index (χ0) is 25.8. The molecule has 7 heteroatoms. The van der Waals surface area contributed by atoms with Crippen LogP contribution in [0.25, 0.3) is 16.9 Å². The van der Waals surface area contributed by atoms with Crippen molar-refractivity contribution < 1.29 is 14.0 Å². The molecule has 5 rings (SSSR count). The maximum absolute atomic E-state index is 13.7. The molecule has 0 saturated carbocycles. The minimum atomic E-state index is -0.131. The van der Waals surface area contributed by atoms with Crippen molar-refractivity contribution in [2.24, 2.45) is 11.8 Å². The summed E-state index contributed by atoms with van der Waals surface area (Å²) in [6.45, 7) is 5.48. The van der Waals surface area contributed by atoms with Crippen LogP contribution < -0.4 is 5.32 Å². The van der Waals surface area contributed by atoms with Gasteiger partial charge in [-0.1, -0.05) is 55.5 Å². The number of aryl methyl sites for hydroxylation is 1. The normalized spacial score (nSPS) is 14.9. The van der Waals surface area contributed by atoms with Crippen molar-refractivity contribution in [2.45, 2.75) is 33.2 Å². The second-order valence-electron chi connectivity index (χ2n) is 9.69. The van der Waals surface area contributed by atoms with E-state index in [4.69, 9.17) is 9.52 Å². The van der Waals surface area contributed by atoms with Gasteiger partial charge < -0.3 is 14.6 Å². The highest BCUT2D eigenvalue weighted by molar-refractivity contribution is 6.00. The Morgan fingerprint density at radius 2 is 1.68 bits per heavy atom. The van der Waals surface area contributed by atoms with E-state index in [-0.39, 0.29) is 23.7 Å². The lowest BCUT2D eigenvalue weighted by atomic mass is 9.84. The number of carbonyl (C=O) groups excluding carboxylic acids is 2. The molecule has 1 unspecified atom stereocenters. The quantitative estimate of drug-likeness (QED) is 0.379. The predicted molar refractivity (Wildman–Crippen MR) is 142 cm³/mol. The molecule has 4 aromatic rings. The largest absolute Gasteiger partial charge is 0.465 e. The van der Waals surface area contributed by atoms with Crippen molar-refractivity contribution in [2.75, 3.05) is 13.1 Å². The fraction of sp³-hybridized carbons (Fsp3) is 0.300. The third kappa shape index (κ3) is 5.50. The molecule has 2 amide bonds. The molecular formula is C30H32N4O3. The molecule has 1 fully saturated rings. The van der Waals surface area contributed by atoms with Gasteiger partial charge in [-0.25, -0.2) is 4.68 Å². The van der Waals surface area contributed by atoms with Crippen LogP contribution in [0.3, 0.4) is 0 Å². The lowest BCUT2D eigenvalue weighted by molar-refractivity contribution is -0.126. The lowest BCUT2D eigenvalue weighted by Crippen LogP contribution is -2.42. The minimum Gasteiger partial charge on any atom is -0.465 e. The summed E-state index contributed by atoms with van der Waals surface area (Å²) in [6, 6.07) is 23.4. The molecule has 0 bridgehead atoms. The molecule has 1 atom stereocenters.